The zero-order chi connectivity index (χ0) is 14.0. The fourth-order valence-electron chi connectivity index (χ4n) is 1.18. The summed E-state index contributed by atoms with van der Waals surface area (Å²) in [7, 11) is 0. The Hall–Kier alpha value is -0.420. The van der Waals surface area contributed by atoms with E-state index in [0.29, 0.717) is 6.42 Å². The van der Waals surface area contributed by atoms with Gasteiger partial charge in [0.05, 0.1) is 0 Å². The van der Waals surface area contributed by atoms with Crippen molar-refractivity contribution >= 4 is 45.0 Å². The van der Waals surface area contributed by atoms with Crippen LogP contribution in [0.25, 0.3) is 0 Å². The van der Waals surface area contributed by atoms with Crippen LogP contribution in [0.3, 0.4) is 0 Å². The summed E-state index contributed by atoms with van der Waals surface area (Å²) >= 11 is 12.0. The lowest BCUT2D eigenvalue weighted by Gasteiger charge is -2.03. The van der Waals surface area contributed by atoms with Gasteiger partial charge in [-0.25, -0.2) is 0 Å². The number of rotatable bonds is 6. The topological polar surface area (TPSA) is 60.2 Å². The Kier molecular flexibility index (Phi) is 10.3. The molecule has 0 aromatic carbocycles. The maximum Gasteiger partial charge on any atom is 0.225 e. The molecule has 0 aliphatic heterocycles. The highest BCUT2D eigenvalue weighted by Gasteiger charge is 2.16. The predicted molar refractivity (Wildman–Crippen MR) is 77.2 cm³/mol. The van der Waals surface area contributed by atoms with Crippen LogP contribution in [0, 0.1) is 5.92 Å². The van der Waals surface area contributed by atoms with E-state index in [1.807, 2.05) is 0 Å². The van der Waals surface area contributed by atoms with E-state index in [-0.39, 0.29) is 6.42 Å². The van der Waals surface area contributed by atoms with Crippen LogP contribution >= 0.6 is 34.5 Å². The fourth-order valence-corrected chi connectivity index (χ4v) is 2.32. The molecule has 3 nitrogen and oxygen atoms in total. The Balaban J connectivity index is 0.000000327. The Morgan fingerprint density at radius 3 is 2.39 bits per heavy atom. The van der Waals surface area contributed by atoms with Crippen LogP contribution in [0.1, 0.15) is 24.6 Å². The molecule has 1 rings (SSSR count). The lowest BCUT2D eigenvalue weighted by atomic mass is 10.1. The van der Waals surface area contributed by atoms with Crippen molar-refractivity contribution in [1.29, 1.82) is 0 Å². The van der Waals surface area contributed by atoms with Gasteiger partial charge in [0.15, 0.2) is 0 Å². The molecular formula is C12H17Cl2NO2S. The molecule has 102 valence electrons. The third-order valence-corrected chi connectivity index (χ3v) is 3.59. The number of thiophene rings is 1. The molecule has 1 aromatic heterocycles. The van der Waals surface area contributed by atoms with Gasteiger partial charge in [0.1, 0.15) is 0 Å². The molecule has 18 heavy (non-hydrogen) atoms. The first-order valence-electron chi connectivity index (χ1n) is 5.61. The lowest BCUT2D eigenvalue weighted by Crippen LogP contribution is -2.10. The van der Waals surface area contributed by atoms with E-state index < -0.39 is 16.4 Å². The summed E-state index contributed by atoms with van der Waals surface area (Å²) in [4.78, 5) is 22.1. The van der Waals surface area contributed by atoms with E-state index in [1.165, 1.54) is 4.88 Å². The summed E-state index contributed by atoms with van der Waals surface area (Å²) in [6.07, 6.45) is 1.62. The molecule has 0 saturated carbocycles. The van der Waals surface area contributed by atoms with Gasteiger partial charge >= 0.3 is 0 Å². The highest BCUT2D eigenvalue weighted by atomic mass is 35.5. The average Bonchev–Trinajstić information content (AvgIpc) is 2.79. The molecule has 0 fully saturated rings. The average molecular weight is 310 g/mol. The van der Waals surface area contributed by atoms with Crippen LogP contribution in [0.15, 0.2) is 17.5 Å². The highest BCUT2D eigenvalue weighted by molar-refractivity contribution is 7.09. The van der Waals surface area contributed by atoms with E-state index in [9.17, 15) is 9.59 Å². The molecule has 1 unspecified atom stereocenters. The number of hydrogen-bond donors (Lipinski definition) is 1. The van der Waals surface area contributed by atoms with Crippen molar-refractivity contribution in [2.45, 2.75) is 26.2 Å². The summed E-state index contributed by atoms with van der Waals surface area (Å²) in [5.74, 6) is -0.410. The first-order chi connectivity index (χ1) is 8.51. The number of halogens is 2. The van der Waals surface area contributed by atoms with Gasteiger partial charge in [-0.2, -0.15) is 0 Å². The first kappa shape index (κ1) is 17.6. The van der Waals surface area contributed by atoms with Gasteiger partial charge in [-0.15, -0.1) is 11.3 Å². The molecular weight excluding hydrogens is 293 g/mol. The SMILES string of the molecule is CCC(CC(=O)Cl)C(=O)Cl.NCCc1cccs1. The van der Waals surface area contributed by atoms with Gasteiger partial charge in [0.2, 0.25) is 10.5 Å². The van der Waals surface area contributed by atoms with E-state index in [0.717, 1.165) is 13.0 Å². The maximum atomic E-state index is 10.5. The summed E-state index contributed by atoms with van der Waals surface area (Å²) in [6, 6.07) is 4.16. The standard InChI is InChI=1S/C6H8Cl2O2.C6H9NS/c1-2-4(6(8)10)3-5(7)9;7-4-3-6-2-1-5-8-6/h4H,2-3H2,1H3;1-2,5H,3-4,7H2. The van der Waals surface area contributed by atoms with E-state index >= 15 is 0 Å². The molecule has 0 aliphatic carbocycles. The second-order valence-corrected chi connectivity index (χ2v) is 5.41. The minimum atomic E-state index is -0.513. The number of nitrogens with two attached hydrogens (primary N) is 1. The molecule has 6 heteroatoms. The lowest BCUT2D eigenvalue weighted by molar-refractivity contribution is -0.119. The number of carbonyl (C=O) groups is 2. The summed E-state index contributed by atoms with van der Waals surface area (Å²) in [6.45, 7) is 2.55. The number of carbonyl (C=O) groups excluding carboxylic acids is 2. The molecule has 0 radical (unpaired) electrons. The van der Waals surface area contributed by atoms with Crippen LogP contribution in [0.5, 0.6) is 0 Å². The van der Waals surface area contributed by atoms with Crippen molar-refractivity contribution in [1.82, 2.24) is 0 Å². The molecule has 0 aliphatic rings. The first-order valence-corrected chi connectivity index (χ1v) is 7.24. The van der Waals surface area contributed by atoms with E-state index in [1.54, 1.807) is 18.3 Å². The van der Waals surface area contributed by atoms with Crippen molar-refractivity contribution in [3.8, 4) is 0 Å². The second-order valence-electron chi connectivity index (χ2n) is 3.59. The highest BCUT2D eigenvalue weighted by Crippen LogP contribution is 2.13. The van der Waals surface area contributed by atoms with Crippen molar-refractivity contribution in [2.24, 2.45) is 11.7 Å². The third kappa shape index (κ3) is 8.64. The normalized spacial score (nSPS) is 11.3. The summed E-state index contributed by atoms with van der Waals surface area (Å²) in [5, 5.41) is 1.07. The quantitative estimate of drug-likeness (QED) is 0.821. The van der Waals surface area contributed by atoms with Gasteiger partial charge < -0.3 is 5.73 Å². The summed E-state index contributed by atoms with van der Waals surface area (Å²) < 4.78 is 0. The van der Waals surface area contributed by atoms with Crippen LogP contribution in [0.2, 0.25) is 0 Å². The molecule has 2 N–H and O–H groups in total. The minimum Gasteiger partial charge on any atom is -0.330 e. The maximum absolute atomic E-state index is 10.5. The minimum absolute atomic E-state index is 0.0421. The van der Waals surface area contributed by atoms with E-state index in [2.05, 4.69) is 17.5 Å². The molecule has 0 saturated heterocycles. The van der Waals surface area contributed by atoms with Gasteiger partial charge in [-0.1, -0.05) is 13.0 Å². The molecule has 1 aromatic rings. The van der Waals surface area contributed by atoms with E-state index in [4.69, 9.17) is 28.9 Å². The van der Waals surface area contributed by atoms with Crippen molar-refractivity contribution in [3.05, 3.63) is 22.4 Å². The third-order valence-electron chi connectivity index (χ3n) is 2.19. The van der Waals surface area contributed by atoms with Crippen molar-refractivity contribution < 1.29 is 9.59 Å². The monoisotopic (exact) mass is 309 g/mol. The molecule has 1 heterocycles. The largest absolute Gasteiger partial charge is 0.330 e. The zero-order valence-corrected chi connectivity index (χ0v) is 12.5. The Bertz CT molecular complexity index is 355. The fraction of sp³-hybridized carbons (Fsp3) is 0.500. The Labute approximate surface area is 121 Å². The van der Waals surface area contributed by atoms with Crippen LogP contribution in [0.4, 0.5) is 0 Å². The molecule has 0 spiro atoms. The second kappa shape index (κ2) is 10.5. The smallest absolute Gasteiger partial charge is 0.225 e. The predicted octanol–water partition coefficient (Wildman–Crippen LogP) is 3.18. The van der Waals surface area contributed by atoms with Gasteiger partial charge in [0.25, 0.3) is 0 Å². The van der Waals surface area contributed by atoms with Crippen molar-refractivity contribution in [2.75, 3.05) is 6.54 Å². The van der Waals surface area contributed by atoms with Crippen LogP contribution < -0.4 is 5.73 Å². The van der Waals surface area contributed by atoms with Crippen molar-refractivity contribution in [3.63, 3.8) is 0 Å². The van der Waals surface area contributed by atoms with Gasteiger partial charge in [-0.05, 0) is 54.0 Å². The molecule has 0 bridgehead atoms. The zero-order valence-electron chi connectivity index (χ0n) is 10.2. The Morgan fingerprint density at radius 1 is 1.44 bits per heavy atom. The molecule has 0 amide bonds. The molecule has 1 atom stereocenters. The Morgan fingerprint density at radius 2 is 2.11 bits per heavy atom. The van der Waals surface area contributed by atoms with Crippen LogP contribution in [-0.4, -0.2) is 17.0 Å². The van der Waals surface area contributed by atoms with Crippen LogP contribution in [-0.2, 0) is 16.0 Å². The summed E-state index contributed by atoms with van der Waals surface area (Å²) in [5.41, 5.74) is 5.33. The van der Waals surface area contributed by atoms with Gasteiger partial charge in [-0.3, -0.25) is 9.59 Å². The number of hydrogen-bond acceptors (Lipinski definition) is 4. The van der Waals surface area contributed by atoms with Gasteiger partial charge in [0, 0.05) is 17.2 Å².